The number of benzene rings is 2. The van der Waals surface area contributed by atoms with E-state index in [0.29, 0.717) is 17.1 Å². The topological polar surface area (TPSA) is 21.3 Å². The van der Waals surface area contributed by atoms with E-state index in [1.54, 1.807) is 6.07 Å². The van der Waals surface area contributed by atoms with Crippen LogP contribution in [0.25, 0.3) is 0 Å². The number of halogens is 3. The van der Waals surface area contributed by atoms with Gasteiger partial charge in [0.05, 0.1) is 0 Å². The minimum absolute atomic E-state index is 0.0876. The second-order valence-electron chi connectivity index (χ2n) is 4.64. The predicted molar refractivity (Wildman–Crippen MR) is 79.8 cm³/mol. The molecule has 0 saturated carbocycles. The molecular formula is C16H16ClF2NO. The van der Waals surface area contributed by atoms with Crippen molar-refractivity contribution >= 4 is 11.6 Å². The molecule has 0 aliphatic rings. The largest absolute Gasteiger partial charge is 0.434 e. The Bertz CT molecular complexity index is 578. The van der Waals surface area contributed by atoms with Crippen LogP contribution in [-0.2, 0) is 6.54 Å². The summed E-state index contributed by atoms with van der Waals surface area (Å²) in [6.07, 6.45) is 0. The maximum Gasteiger partial charge on any atom is 0.387 e. The van der Waals surface area contributed by atoms with Gasteiger partial charge in [-0.25, -0.2) is 0 Å². The third-order valence-electron chi connectivity index (χ3n) is 3.14. The van der Waals surface area contributed by atoms with Crippen LogP contribution < -0.4 is 10.1 Å². The lowest BCUT2D eigenvalue weighted by atomic mass is 10.1. The van der Waals surface area contributed by atoms with Crippen molar-refractivity contribution < 1.29 is 13.5 Å². The molecule has 0 radical (unpaired) electrons. The molecule has 1 N–H and O–H groups in total. The Morgan fingerprint density at radius 1 is 1.14 bits per heavy atom. The van der Waals surface area contributed by atoms with Crippen molar-refractivity contribution in [2.24, 2.45) is 0 Å². The zero-order valence-corrected chi connectivity index (χ0v) is 12.3. The molecule has 112 valence electrons. The van der Waals surface area contributed by atoms with Crippen LogP contribution in [0.4, 0.5) is 8.78 Å². The summed E-state index contributed by atoms with van der Waals surface area (Å²) in [5.74, 6) is 0.141. The number of rotatable bonds is 6. The number of nitrogens with one attached hydrogen (secondary N) is 1. The highest BCUT2D eigenvalue weighted by Gasteiger charge is 2.11. The molecule has 0 aliphatic carbocycles. The van der Waals surface area contributed by atoms with Gasteiger partial charge in [-0.1, -0.05) is 41.9 Å². The second-order valence-corrected chi connectivity index (χ2v) is 5.08. The normalized spacial score (nSPS) is 12.4. The summed E-state index contributed by atoms with van der Waals surface area (Å²) in [7, 11) is 0. The van der Waals surface area contributed by atoms with Crippen molar-refractivity contribution in [1.82, 2.24) is 5.32 Å². The van der Waals surface area contributed by atoms with Gasteiger partial charge in [-0.05, 0) is 30.7 Å². The minimum atomic E-state index is -2.85. The van der Waals surface area contributed by atoms with Crippen molar-refractivity contribution in [3.05, 3.63) is 64.7 Å². The Kier molecular flexibility index (Phi) is 5.53. The summed E-state index contributed by atoms with van der Waals surface area (Å²) < 4.78 is 29.3. The molecule has 0 amide bonds. The van der Waals surface area contributed by atoms with Gasteiger partial charge in [0.25, 0.3) is 0 Å². The monoisotopic (exact) mass is 311 g/mol. The van der Waals surface area contributed by atoms with Crippen molar-refractivity contribution in [2.75, 3.05) is 0 Å². The third kappa shape index (κ3) is 4.69. The Morgan fingerprint density at radius 3 is 2.52 bits per heavy atom. The Morgan fingerprint density at radius 2 is 1.86 bits per heavy atom. The molecule has 0 saturated heterocycles. The van der Waals surface area contributed by atoms with Crippen LogP contribution in [0, 0.1) is 0 Å². The van der Waals surface area contributed by atoms with E-state index in [0.717, 1.165) is 5.56 Å². The van der Waals surface area contributed by atoms with Gasteiger partial charge in [0.2, 0.25) is 0 Å². The highest BCUT2D eigenvalue weighted by atomic mass is 35.5. The Balaban J connectivity index is 2.07. The lowest BCUT2D eigenvalue weighted by molar-refractivity contribution is -0.0505. The van der Waals surface area contributed by atoms with Crippen LogP contribution in [0.15, 0.2) is 48.5 Å². The van der Waals surface area contributed by atoms with Gasteiger partial charge >= 0.3 is 6.61 Å². The van der Waals surface area contributed by atoms with Gasteiger partial charge in [0, 0.05) is 23.2 Å². The molecule has 2 nitrogen and oxygen atoms in total. The van der Waals surface area contributed by atoms with Gasteiger partial charge in [-0.15, -0.1) is 0 Å². The van der Waals surface area contributed by atoms with Crippen molar-refractivity contribution in [2.45, 2.75) is 26.1 Å². The average molecular weight is 312 g/mol. The zero-order chi connectivity index (χ0) is 15.2. The van der Waals surface area contributed by atoms with E-state index in [4.69, 9.17) is 11.6 Å². The molecule has 2 aromatic carbocycles. The van der Waals surface area contributed by atoms with Gasteiger partial charge in [0.15, 0.2) is 0 Å². The highest BCUT2D eigenvalue weighted by Crippen LogP contribution is 2.25. The molecule has 0 bridgehead atoms. The van der Waals surface area contributed by atoms with Crippen molar-refractivity contribution in [1.29, 1.82) is 0 Å². The Hall–Kier alpha value is -1.65. The van der Waals surface area contributed by atoms with Crippen LogP contribution in [0.3, 0.4) is 0 Å². The standard InChI is InChI=1S/C16H16ClF2NO/c1-11(12-5-3-2-4-6-12)20-10-13-9-14(17)7-8-15(13)21-16(18)19/h2-9,11,16,20H,10H2,1H3/t11-/m0/s1. The molecule has 2 rings (SSSR count). The molecule has 5 heteroatoms. The maximum absolute atomic E-state index is 12.4. The van der Waals surface area contributed by atoms with Crippen LogP contribution >= 0.6 is 11.6 Å². The first-order valence-electron chi connectivity index (χ1n) is 6.58. The van der Waals surface area contributed by atoms with Gasteiger partial charge < -0.3 is 10.1 Å². The number of ether oxygens (including phenoxy) is 1. The fraction of sp³-hybridized carbons (Fsp3) is 0.250. The van der Waals surface area contributed by atoms with E-state index in [1.807, 2.05) is 37.3 Å². The summed E-state index contributed by atoms with van der Waals surface area (Å²) >= 11 is 5.91. The quantitative estimate of drug-likeness (QED) is 0.828. The fourth-order valence-corrected chi connectivity index (χ4v) is 2.21. The van der Waals surface area contributed by atoms with Crippen LogP contribution in [-0.4, -0.2) is 6.61 Å². The van der Waals surface area contributed by atoms with Crippen LogP contribution in [0.1, 0.15) is 24.1 Å². The van der Waals surface area contributed by atoms with Gasteiger partial charge in [0.1, 0.15) is 5.75 Å². The molecule has 1 atom stereocenters. The van der Waals surface area contributed by atoms with E-state index in [9.17, 15) is 8.78 Å². The first kappa shape index (κ1) is 15.7. The van der Waals surface area contributed by atoms with E-state index < -0.39 is 6.61 Å². The second kappa shape index (κ2) is 7.38. The summed E-state index contributed by atoms with van der Waals surface area (Å²) in [6.45, 7) is -0.455. The summed E-state index contributed by atoms with van der Waals surface area (Å²) in [6, 6.07) is 14.6. The van der Waals surface area contributed by atoms with E-state index >= 15 is 0 Å². The molecule has 0 aromatic heterocycles. The SMILES string of the molecule is C[C@H](NCc1cc(Cl)ccc1OC(F)F)c1ccccc1. The highest BCUT2D eigenvalue weighted by molar-refractivity contribution is 6.30. The predicted octanol–water partition coefficient (Wildman–Crippen LogP) is 4.79. The molecule has 0 fully saturated rings. The minimum Gasteiger partial charge on any atom is -0.434 e. The van der Waals surface area contributed by atoms with Crippen molar-refractivity contribution in [3.63, 3.8) is 0 Å². The lowest BCUT2D eigenvalue weighted by Crippen LogP contribution is -2.19. The number of hydrogen-bond acceptors (Lipinski definition) is 2. The maximum atomic E-state index is 12.4. The van der Waals surface area contributed by atoms with Crippen molar-refractivity contribution in [3.8, 4) is 5.75 Å². The molecule has 0 aliphatic heterocycles. The first-order chi connectivity index (χ1) is 10.1. The molecular weight excluding hydrogens is 296 g/mol. The van der Waals surface area contributed by atoms with E-state index in [1.165, 1.54) is 12.1 Å². The first-order valence-corrected chi connectivity index (χ1v) is 6.95. The average Bonchev–Trinajstić information content (AvgIpc) is 2.47. The van der Waals surface area contributed by atoms with E-state index in [-0.39, 0.29) is 11.8 Å². The van der Waals surface area contributed by atoms with Gasteiger partial charge in [-0.3, -0.25) is 0 Å². The Labute approximate surface area is 127 Å². The number of alkyl halides is 2. The summed E-state index contributed by atoms with van der Waals surface area (Å²) in [5, 5.41) is 3.76. The third-order valence-corrected chi connectivity index (χ3v) is 3.37. The number of hydrogen-bond donors (Lipinski definition) is 1. The van der Waals surface area contributed by atoms with Gasteiger partial charge in [-0.2, -0.15) is 8.78 Å². The smallest absolute Gasteiger partial charge is 0.387 e. The summed E-state index contributed by atoms with van der Waals surface area (Å²) in [5.41, 5.74) is 1.72. The molecule has 21 heavy (non-hydrogen) atoms. The summed E-state index contributed by atoms with van der Waals surface area (Å²) in [4.78, 5) is 0. The van der Waals surface area contributed by atoms with Crippen LogP contribution in [0.5, 0.6) is 5.75 Å². The van der Waals surface area contributed by atoms with E-state index in [2.05, 4.69) is 10.1 Å². The molecule has 0 spiro atoms. The lowest BCUT2D eigenvalue weighted by Gasteiger charge is -2.16. The molecule has 2 aromatic rings. The fourth-order valence-electron chi connectivity index (χ4n) is 2.02. The molecule has 0 unspecified atom stereocenters. The van der Waals surface area contributed by atoms with Crippen LogP contribution in [0.2, 0.25) is 5.02 Å². The molecule has 0 heterocycles. The zero-order valence-electron chi connectivity index (χ0n) is 11.5.